The van der Waals surface area contributed by atoms with Crippen LogP contribution in [0.2, 0.25) is 0 Å². The first kappa shape index (κ1) is 17.6. The Hall–Kier alpha value is -2.21. The first-order valence-electron chi connectivity index (χ1n) is 8.89. The molecule has 0 aliphatic heterocycles. The summed E-state index contributed by atoms with van der Waals surface area (Å²) in [6.45, 7) is 4.50. The Kier molecular flexibility index (Phi) is 5.18. The molecule has 2 aromatic heterocycles. The molecule has 0 saturated heterocycles. The largest absolute Gasteiger partial charge is 0.393 e. The summed E-state index contributed by atoms with van der Waals surface area (Å²) in [6, 6.07) is 5.59. The van der Waals surface area contributed by atoms with Gasteiger partial charge in [-0.1, -0.05) is 12.8 Å². The molecule has 25 heavy (non-hydrogen) atoms. The van der Waals surface area contributed by atoms with Crippen molar-refractivity contribution in [3.63, 3.8) is 0 Å². The van der Waals surface area contributed by atoms with Crippen LogP contribution in [0.3, 0.4) is 0 Å². The zero-order valence-electron chi connectivity index (χ0n) is 15.1. The molecule has 0 bridgehead atoms. The minimum Gasteiger partial charge on any atom is -0.393 e. The van der Waals surface area contributed by atoms with Crippen molar-refractivity contribution in [2.24, 2.45) is 5.92 Å². The lowest BCUT2D eigenvalue weighted by atomic mass is 9.86. The fraction of sp³-hybridized carbons (Fsp3) is 0.526. The number of amides is 1. The minimum atomic E-state index is -0.296. The average Bonchev–Trinajstić information content (AvgIpc) is 2.94. The highest BCUT2D eigenvalue weighted by Gasteiger charge is 2.26. The van der Waals surface area contributed by atoms with E-state index >= 15 is 0 Å². The van der Waals surface area contributed by atoms with E-state index in [1.54, 1.807) is 28.9 Å². The molecule has 134 valence electrons. The molecule has 6 heteroatoms. The summed E-state index contributed by atoms with van der Waals surface area (Å²) >= 11 is 0. The summed E-state index contributed by atoms with van der Waals surface area (Å²) in [5, 5.41) is 14.5. The van der Waals surface area contributed by atoms with Crippen molar-refractivity contribution in [3.05, 3.63) is 41.3 Å². The van der Waals surface area contributed by atoms with Gasteiger partial charge in [0.2, 0.25) is 0 Å². The van der Waals surface area contributed by atoms with Gasteiger partial charge < -0.3 is 10.0 Å². The predicted octanol–water partition coefficient (Wildman–Crippen LogP) is 2.51. The van der Waals surface area contributed by atoms with Gasteiger partial charge in [0.05, 0.1) is 17.4 Å². The van der Waals surface area contributed by atoms with Gasteiger partial charge >= 0.3 is 0 Å². The van der Waals surface area contributed by atoms with E-state index in [1.807, 2.05) is 26.0 Å². The van der Waals surface area contributed by atoms with Crippen molar-refractivity contribution in [2.75, 3.05) is 13.6 Å². The molecule has 1 amide bonds. The number of carbonyl (C=O) groups excluding carboxylic acids is 1. The number of aliphatic hydroxyl groups excluding tert-OH is 1. The van der Waals surface area contributed by atoms with Crippen molar-refractivity contribution in [1.29, 1.82) is 0 Å². The Morgan fingerprint density at radius 3 is 2.68 bits per heavy atom. The summed E-state index contributed by atoms with van der Waals surface area (Å²) in [7, 11) is 1.79. The van der Waals surface area contributed by atoms with E-state index in [2.05, 4.69) is 10.1 Å². The van der Waals surface area contributed by atoms with E-state index in [-0.39, 0.29) is 17.9 Å². The molecular formula is C19H26N4O2. The Bertz CT molecular complexity index is 738. The molecule has 0 radical (unpaired) electrons. The van der Waals surface area contributed by atoms with Crippen LogP contribution in [0.25, 0.3) is 5.82 Å². The molecule has 2 atom stereocenters. The van der Waals surface area contributed by atoms with Gasteiger partial charge in [0, 0.05) is 31.4 Å². The second-order valence-corrected chi connectivity index (χ2v) is 7.04. The molecule has 1 aliphatic carbocycles. The SMILES string of the molecule is Cc1cc(C)n(-c2ccc(C(=O)N(C)CC3CCCCC3O)cn2)n1. The highest BCUT2D eigenvalue weighted by atomic mass is 16.3. The van der Waals surface area contributed by atoms with E-state index in [9.17, 15) is 9.90 Å². The van der Waals surface area contributed by atoms with Gasteiger partial charge in [-0.25, -0.2) is 9.67 Å². The van der Waals surface area contributed by atoms with Crippen LogP contribution in [-0.4, -0.2) is 50.4 Å². The molecule has 3 rings (SSSR count). The van der Waals surface area contributed by atoms with Gasteiger partial charge in [-0.3, -0.25) is 4.79 Å². The molecule has 2 heterocycles. The summed E-state index contributed by atoms with van der Waals surface area (Å²) in [6.07, 6.45) is 5.33. The molecule has 1 fully saturated rings. The molecule has 0 spiro atoms. The smallest absolute Gasteiger partial charge is 0.255 e. The van der Waals surface area contributed by atoms with Crippen LogP contribution in [0, 0.1) is 19.8 Å². The van der Waals surface area contributed by atoms with E-state index in [1.165, 1.54) is 0 Å². The van der Waals surface area contributed by atoms with Crippen LogP contribution in [0.1, 0.15) is 47.4 Å². The Labute approximate surface area is 148 Å². The van der Waals surface area contributed by atoms with Crippen molar-refractivity contribution in [1.82, 2.24) is 19.7 Å². The average molecular weight is 342 g/mol. The number of aliphatic hydroxyl groups is 1. The van der Waals surface area contributed by atoms with Crippen molar-refractivity contribution < 1.29 is 9.90 Å². The Morgan fingerprint density at radius 1 is 1.32 bits per heavy atom. The standard InChI is InChI=1S/C19H26N4O2/c1-13-10-14(2)23(21-13)18-9-8-15(11-20-18)19(25)22(3)12-16-6-4-5-7-17(16)24/h8-11,16-17,24H,4-7,12H2,1-3H3. The predicted molar refractivity (Wildman–Crippen MR) is 95.8 cm³/mol. The number of rotatable bonds is 4. The van der Waals surface area contributed by atoms with Gasteiger partial charge in [-0.05, 0) is 44.9 Å². The number of hydrogen-bond donors (Lipinski definition) is 1. The van der Waals surface area contributed by atoms with Crippen LogP contribution >= 0.6 is 0 Å². The fourth-order valence-corrected chi connectivity index (χ4v) is 3.55. The quantitative estimate of drug-likeness (QED) is 0.927. The number of carbonyl (C=O) groups is 1. The molecule has 1 saturated carbocycles. The molecule has 0 aromatic carbocycles. The van der Waals surface area contributed by atoms with Crippen LogP contribution < -0.4 is 0 Å². The van der Waals surface area contributed by atoms with Crippen molar-refractivity contribution >= 4 is 5.91 Å². The van der Waals surface area contributed by atoms with Crippen molar-refractivity contribution in [3.8, 4) is 5.82 Å². The lowest BCUT2D eigenvalue weighted by Gasteiger charge is -2.31. The highest BCUT2D eigenvalue weighted by Crippen LogP contribution is 2.25. The van der Waals surface area contributed by atoms with Gasteiger partial charge in [0.15, 0.2) is 5.82 Å². The van der Waals surface area contributed by atoms with Crippen LogP contribution in [0.4, 0.5) is 0 Å². The summed E-state index contributed by atoms with van der Waals surface area (Å²) in [5.74, 6) is 0.808. The van der Waals surface area contributed by atoms with E-state index in [0.29, 0.717) is 17.9 Å². The van der Waals surface area contributed by atoms with Crippen molar-refractivity contribution in [2.45, 2.75) is 45.6 Å². The summed E-state index contributed by atoms with van der Waals surface area (Å²) < 4.78 is 1.77. The topological polar surface area (TPSA) is 71.2 Å². The zero-order chi connectivity index (χ0) is 18.0. The zero-order valence-corrected chi connectivity index (χ0v) is 15.1. The van der Waals surface area contributed by atoms with E-state index in [4.69, 9.17) is 0 Å². The van der Waals surface area contributed by atoms with Gasteiger partial charge in [-0.15, -0.1) is 0 Å². The second-order valence-electron chi connectivity index (χ2n) is 7.04. The van der Waals surface area contributed by atoms with Crippen LogP contribution in [0.5, 0.6) is 0 Å². The Balaban J connectivity index is 1.68. The monoisotopic (exact) mass is 342 g/mol. The molecule has 1 N–H and O–H groups in total. The summed E-state index contributed by atoms with van der Waals surface area (Å²) in [4.78, 5) is 18.7. The third-order valence-electron chi connectivity index (χ3n) is 4.95. The first-order chi connectivity index (χ1) is 12.0. The molecule has 2 unspecified atom stereocenters. The number of pyridine rings is 1. The number of hydrogen-bond acceptors (Lipinski definition) is 4. The molecular weight excluding hydrogens is 316 g/mol. The molecule has 2 aromatic rings. The fourth-order valence-electron chi connectivity index (χ4n) is 3.55. The van der Waals surface area contributed by atoms with Gasteiger partial charge in [-0.2, -0.15) is 5.10 Å². The lowest BCUT2D eigenvalue weighted by molar-refractivity contribution is 0.0451. The minimum absolute atomic E-state index is 0.0646. The van der Waals surface area contributed by atoms with Crippen LogP contribution in [-0.2, 0) is 0 Å². The van der Waals surface area contributed by atoms with E-state index < -0.39 is 0 Å². The maximum absolute atomic E-state index is 12.6. The molecule has 1 aliphatic rings. The molecule has 6 nitrogen and oxygen atoms in total. The van der Waals surface area contributed by atoms with E-state index in [0.717, 1.165) is 37.1 Å². The lowest BCUT2D eigenvalue weighted by Crippen LogP contribution is -2.38. The number of aryl methyl sites for hydroxylation is 2. The maximum atomic E-state index is 12.6. The van der Waals surface area contributed by atoms with Crippen LogP contribution in [0.15, 0.2) is 24.4 Å². The number of nitrogens with zero attached hydrogens (tertiary/aromatic N) is 4. The number of aromatic nitrogens is 3. The Morgan fingerprint density at radius 2 is 2.08 bits per heavy atom. The maximum Gasteiger partial charge on any atom is 0.255 e. The summed E-state index contributed by atoms with van der Waals surface area (Å²) in [5.41, 5.74) is 2.50. The highest BCUT2D eigenvalue weighted by molar-refractivity contribution is 5.93. The second kappa shape index (κ2) is 7.35. The van der Waals surface area contributed by atoms with Gasteiger partial charge in [0.1, 0.15) is 0 Å². The first-order valence-corrected chi connectivity index (χ1v) is 8.89. The van der Waals surface area contributed by atoms with Gasteiger partial charge in [0.25, 0.3) is 5.91 Å². The third-order valence-corrected chi connectivity index (χ3v) is 4.95. The third kappa shape index (κ3) is 3.90. The normalized spacial score (nSPS) is 20.5.